The van der Waals surface area contributed by atoms with Crippen molar-refractivity contribution >= 4 is 22.5 Å². The summed E-state index contributed by atoms with van der Waals surface area (Å²) in [4.78, 5) is 29.2. The van der Waals surface area contributed by atoms with E-state index in [4.69, 9.17) is 9.47 Å². The molecule has 27 heavy (non-hydrogen) atoms. The lowest BCUT2D eigenvalue weighted by atomic mass is 10.1. The Hall–Kier alpha value is -3.35. The van der Waals surface area contributed by atoms with Gasteiger partial charge in [0.1, 0.15) is 11.5 Å². The number of carbonyl (C=O) groups excluding carboxylic acids is 1. The summed E-state index contributed by atoms with van der Waals surface area (Å²) < 4.78 is 11.9. The number of nitrogens with one attached hydrogen (secondary N) is 1. The minimum absolute atomic E-state index is 0.133. The van der Waals surface area contributed by atoms with Gasteiger partial charge in [-0.05, 0) is 30.7 Å². The molecule has 1 amide bonds. The Labute approximate surface area is 156 Å². The number of fused-ring (bicyclic) bond motifs is 1. The maximum absolute atomic E-state index is 12.6. The third-order valence-electron chi connectivity index (χ3n) is 4.32. The van der Waals surface area contributed by atoms with E-state index in [2.05, 4.69) is 10.3 Å². The van der Waals surface area contributed by atoms with Gasteiger partial charge in [-0.1, -0.05) is 12.1 Å². The van der Waals surface area contributed by atoms with Gasteiger partial charge in [0, 0.05) is 19.0 Å². The van der Waals surface area contributed by atoms with Crippen molar-refractivity contribution in [1.82, 2.24) is 9.55 Å². The summed E-state index contributed by atoms with van der Waals surface area (Å²) in [6, 6.07) is 10.6. The van der Waals surface area contributed by atoms with Crippen LogP contribution in [0.3, 0.4) is 0 Å². The Kier molecular flexibility index (Phi) is 5.40. The number of para-hydroxylation sites is 1. The predicted molar refractivity (Wildman–Crippen MR) is 104 cm³/mol. The largest absolute Gasteiger partial charge is 0.497 e. The standard InChI is InChI=1S/C20H21N3O4/c1-13-5-4-6-15-19(13)21-12-23(20(15)25)10-9-18(24)22-16-8-7-14(26-2)11-17(16)27-3/h4-8,11-12H,9-10H2,1-3H3,(H,22,24). The number of benzene rings is 2. The van der Waals surface area contributed by atoms with Crippen molar-refractivity contribution in [2.45, 2.75) is 19.9 Å². The van der Waals surface area contributed by atoms with Gasteiger partial charge in [0.2, 0.25) is 5.91 Å². The number of carbonyl (C=O) groups is 1. The van der Waals surface area contributed by atoms with Crippen LogP contribution in [0.4, 0.5) is 5.69 Å². The molecule has 1 aromatic heterocycles. The SMILES string of the molecule is COc1ccc(NC(=O)CCn2cnc3c(C)cccc3c2=O)c(OC)c1. The number of aromatic nitrogens is 2. The van der Waals surface area contributed by atoms with E-state index >= 15 is 0 Å². The smallest absolute Gasteiger partial charge is 0.261 e. The van der Waals surface area contributed by atoms with E-state index in [9.17, 15) is 9.59 Å². The fraction of sp³-hybridized carbons (Fsp3) is 0.250. The number of nitrogens with zero attached hydrogens (tertiary/aromatic N) is 2. The minimum Gasteiger partial charge on any atom is -0.497 e. The average Bonchev–Trinajstić information content (AvgIpc) is 2.68. The van der Waals surface area contributed by atoms with Gasteiger partial charge in [-0.25, -0.2) is 4.98 Å². The summed E-state index contributed by atoms with van der Waals surface area (Å²) >= 11 is 0. The molecule has 0 radical (unpaired) electrons. The van der Waals surface area contributed by atoms with Crippen LogP contribution in [0.5, 0.6) is 11.5 Å². The summed E-state index contributed by atoms with van der Waals surface area (Å²) in [6.07, 6.45) is 1.62. The molecule has 3 rings (SSSR count). The second kappa shape index (κ2) is 7.90. The van der Waals surface area contributed by atoms with Crippen LogP contribution >= 0.6 is 0 Å². The van der Waals surface area contributed by atoms with Crippen molar-refractivity contribution in [3.05, 3.63) is 58.6 Å². The topological polar surface area (TPSA) is 82.5 Å². The van der Waals surface area contributed by atoms with Crippen LogP contribution in [-0.4, -0.2) is 29.7 Å². The molecular formula is C20H21N3O4. The molecule has 3 aromatic rings. The molecule has 7 heteroatoms. The van der Waals surface area contributed by atoms with Crippen LogP contribution in [-0.2, 0) is 11.3 Å². The highest BCUT2D eigenvalue weighted by Crippen LogP contribution is 2.29. The van der Waals surface area contributed by atoms with Crippen molar-refractivity contribution in [3.63, 3.8) is 0 Å². The molecule has 0 fully saturated rings. The summed E-state index contributed by atoms with van der Waals surface area (Å²) in [5.41, 5.74) is 2.02. The average molecular weight is 367 g/mol. The van der Waals surface area contributed by atoms with Crippen molar-refractivity contribution in [3.8, 4) is 11.5 Å². The van der Waals surface area contributed by atoms with Crippen molar-refractivity contribution in [1.29, 1.82) is 0 Å². The fourth-order valence-electron chi connectivity index (χ4n) is 2.83. The molecule has 0 aliphatic rings. The number of anilines is 1. The molecule has 0 aliphatic heterocycles. The van der Waals surface area contributed by atoms with Crippen LogP contribution in [0.15, 0.2) is 47.5 Å². The zero-order valence-corrected chi connectivity index (χ0v) is 15.5. The summed E-state index contributed by atoms with van der Waals surface area (Å²) in [6.45, 7) is 2.15. The number of methoxy groups -OCH3 is 2. The van der Waals surface area contributed by atoms with Gasteiger partial charge in [0.05, 0.1) is 37.1 Å². The molecular weight excluding hydrogens is 346 g/mol. The monoisotopic (exact) mass is 367 g/mol. The first kappa shape index (κ1) is 18.4. The van der Waals surface area contributed by atoms with Crippen molar-refractivity contribution in [2.24, 2.45) is 0 Å². The van der Waals surface area contributed by atoms with Gasteiger partial charge >= 0.3 is 0 Å². The quantitative estimate of drug-likeness (QED) is 0.724. The molecule has 140 valence electrons. The summed E-state index contributed by atoms with van der Waals surface area (Å²) in [5, 5.41) is 3.34. The molecule has 0 atom stereocenters. The molecule has 0 spiro atoms. The lowest BCUT2D eigenvalue weighted by molar-refractivity contribution is -0.116. The van der Waals surface area contributed by atoms with Crippen LogP contribution in [0.25, 0.3) is 10.9 Å². The molecule has 7 nitrogen and oxygen atoms in total. The zero-order chi connectivity index (χ0) is 19.4. The predicted octanol–water partition coefficient (Wildman–Crippen LogP) is 2.75. The van der Waals surface area contributed by atoms with Gasteiger partial charge in [-0.3, -0.25) is 14.2 Å². The van der Waals surface area contributed by atoms with E-state index in [1.165, 1.54) is 18.0 Å². The summed E-state index contributed by atoms with van der Waals surface area (Å²) in [5.74, 6) is 0.909. The number of aryl methyl sites for hydroxylation is 2. The highest BCUT2D eigenvalue weighted by atomic mass is 16.5. The van der Waals surface area contributed by atoms with E-state index in [1.54, 1.807) is 31.4 Å². The zero-order valence-electron chi connectivity index (χ0n) is 15.5. The van der Waals surface area contributed by atoms with Crippen LogP contribution < -0.4 is 20.3 Å². The molecule has 0 unspecified atom stereocenters. The molecule has 0 saturated heterocycles. The molecule has 1 N–H and O–H groups in total. The van der Waals surface area contributed by atoms with E-state index in [-0.39, 0.29) is 24.4 Å². The first-order valence-electron chi connectivity index (χ1n) is 8.50. The Morgan fingerprint density at radius 2 is 2.00 bits per heavy atom. The Morgan fingerprint density at radius 3 is 2.74 bits per heavy atom. The number of hydrogen-bond donors (Lipinski definition) is 1. The lowest BCUT2D eigenvalue weighted by Crippen LogP contribution is -2.24. The fourth-order valence-corrected chi connectivity index (χ4v) is 2.83. The first-order chi connectivity index (χ1) is 13.0. The Balaban J connectivity index is 1.72. The van der Waals surface area contributed by atoms with E-state index in [0.29, 0.717) is 28.1 Å². The molecule has 1 heterocycles. The van der Waals surface area contributed by atoms with E-state index in [1.807, 2.05) is 19.1 Å². The Morgan fingerprint density at radius 1 is 1.19 bits per heavy atom. The number of hydrogen-bond acceptors (Lipinski definition) is 5. The maximum Gasteiger partial charge on any atom is 0.261 e. The number of rotatable bonds is 6. The third-order valence-corrected chi connectivity index (χ3v) is 4.32. The van der Waals surface area contributed by atoms with Gasteiger partial charge < -0.3 is 14.8 Å². The van der Waals surface area contributed by atoms with Crippen molar-refractivity contribution < 1.29 is 14.3 Å². The second-order valence-corrected chi connectivity index (χ2v) is 6.08. The molecule has 2 aromatic carbocycles. The van der Waals surface area contributed by atoms with E-state index in [0.717, 1.165) is 5.56 Å². The highest BCUT2D eigenvalue weighted by molar-refractivity contribution is 5.92. The van der Waals surface area contributed by atoms with E-state index < -0.39 is 0 Å². The molecule has 0 saturated carbocycles. The van der Waals surface area contributed by atoms with Gasteiger partial charge in [-0.15, -0.1) is 0 Å². The maximum atomic E-state index is 12.6. The summed E-state index contributed by atoms with van der Waals surface area (Å²) in [7, 11) is 3.08. The van der Waals surface area contributed by atoms with Crippen LogP contribution in [0.2, 0.25) is 0 Å². The van der Waals surface area contributed by atoms with Crippen LogP contribution in [0.1, 0.15) is 12.0 Å². The highest BCUT2D eigenvalue weighted by Gasteiger charge is 2.11. The third kappa shape index (κ3) is 3.92. The number of amides is 1. The van der Waals surface area contributed by atoms with Crippen LogP contribution in [0, 0.1) is 6.92 Å². The number of ether oxygens (including phenoxy) is 2. The second-order valence-electron chi connectivity index (χ2n) is 6.08. The Bertz CT molecular complexity index is 1040. The minimum atomic E-state index is -0.227. The van der Waals surface area contributed by atoms with Gasteiger partial charge in [0.25, 0.3) is 5.56 Å². The van der Waals surface area contributed by atoms with Gasteiger partial charge in [0.15, 0.2) is 0 Å². The normalized spacial score (nSPS) is 10.6. The molecule has 0 aliphatic carbocycles. The lowest BCUT2D eigenvalue weighted by Gasteiger charge is -2.12. The first-order valence-corrected chi connectivity index (χ1v) is 8.50. The molecule has 0 bridgehead atoms. The van der Waals surface area contributed by atoms with Crippen molar-refractivity contribution in [2.75, 3.05) is 19.5 Å². The van der Waals surface area contributed by atoms with Gasteiger partial charge in [-0.2, -0.15) is 0 Å².